The van der Waals surface area contributed by atoms with Crippen LogP contribution in [0.5, 0.6) is 5.75 Å². The highest BCUT2D eigenvalue weighted by atomic mass is 35.5. The molecular weight excluding hydrogens is 305 g/mol. The summed E-state index contributed by atoms with van der Waals surface area (Å²) in [5.41, 5.74) is 5.72. The van der Waals surface area contributed by atoms with Gasteiger partial charge in [-0.05, 0) is 24.3 Å². The van der Waals surface area contributed by atoms with Crippen molar-refractivity contribution in [3.8, 4) is 5.75 Å². The summed E-state index contributed by atoms with van der Waals surface area (Å²) in [5, 5.41) is 11.5. The van der Waals surface area contributed by atoms with Crippen molar-refractivity contribution in [1.82, 2.24) is 4.98 Å². The van der Waals surface area contributed by atoms with Crippen LogP contribution in [0.4, 0.5) is 11.5 Å². The summed E-state index contributed by atoms with van der Waals surface area (Å²) in [5.74, 6) is 0.373. The lowest BCUT2D eigenvalue weighted by Crippen LogP contribution is -2.03. The van der Waals surface area contributed by atoms with Crippen molar-refractivity contribution in [3.05, 3.63) is 56.2 Å². The zero-order chi connectivity index (χ0) is 14.7. The van der Waals surface area contributed by atoms with E-state index in [0.29, 0.717) is 16.5 Å². The molecule has 2 aromatic rings. The fourth-order valence-electron chi connectivity index (χ4n) is 1.50. The number of anilines is 1. The quantitative estimate of drug-likeness (QED) is 0.689. The molecule has 20 heavy (non-hydrogen) atoms. The molecule has 0 spiro atoms. The Morgan fingerprint density at radius 3 is 2.75 bits per heavy atom. The highest BCUT2D eigenvalue weighted by Gasteiger charge is 2.16. The summed E-state index contributed by atoms with van der Waals surface area (Å²) in [4.78, 5) is 14.3. The van der Waals surface area contributed by atoms with Crippen molar-refractivity contribution in [2.75, 3.05) is 5.73 Å². The average Bonchev–Trinajstić information content (AvgIpc) is 2.40. The normalized spacial score (nSPS) is 10.3. The van der Waals surface area contributed by atoms with Crippen molar-refractivity contribution in [3.63, 3.8) is 0 Å². The number of hydrogen-bond acceptors (Lipinski definition) is 5. The van der Waals surface area contributed by atoms with Gasteiger partial charge in [-0.1, -0.05) is 23.2 Å². The second-order valence-electron chi connectivity index (χ2n) is 3.82. The molecule has 6 nitrogen and oxygen atoms in total. The first-order valence-electron chi connectivity index (χ1n) is 5.45. The number of rotatable bonds is 4. The zero-order valence-electron chi connectivity index (χ0n) is 10.0. The van der Waals surface area contributed by atoms with Crippen molar-refractivity contribution >= 4 is 34.7 Å². The van der Waals surface area contributed by atoms with Gasteiger partial charge in [-0.15, -0.1) is 0 Å². The Labute approximate surface area is 124 Å². The predicted octanol–water partition coefficient (Wildman–Crippen LogP) is 3.46. The van der Waals surface area contributed by atoms with Gasteiger partial charge in [-0.3, -0.25) is 10.1 Å². The molecule has 1 aromatic heterocycles. The first-order chi connectivity index (χ1) is 9.47. The molecule has 0 unspecified atom stereocenters. The van der Waals surface area contributed by atoms with Crippen LogP contribution in [0.25, 0.3) is 0 Å². The van der Waals surface area contributed by atoms with Crippen molar-refractivity contribution in [2.45, 2.75) is 6.61 Å². The molecule has 1 heterocycles. The first-order valence-corrected chi connectivity index (χ1v) is 6.20. The standard InChI is InChI=1S/C12H9Cl2N3O3/c13-7-1-3-11(10(5-7)17(18)19)20-6-9-8(14)2-4-12(15)16-9/h1-5H,6H2,(H2,15,16). The van der Waals surface area contributed by atoms with Crippen molar-refractivity contribution in [1.29, 1.82) is 0 Å². The molecule has 1 aromatic carbocycles. The maximum Gasteiger partial charge on any atom is 0.312 e. The minimum atomic E-state index is -0.574. The molecule has 2 N–H and O–H groups in total. The van der Waals surface area contributed by atoms with E-state index >= 15 is 0 Å². The summed E-state index contributed by atoms with van der Waals surface area (Å²) in [6.07, 6.45) is 0. The highest BCUT2D eigenvalue weighted by molar-refractivity contribution is 6.31. The fourth-order valence-corrected chi connectivity index (χ4v) is 1.83. The summed E-state index contributed by atoms with van der Waals surface area (Å²) in [7, 11) is 0. The maximum absolute atomic E-state index is 10.9. The third kappa shape index (κ3) is 3.28. The number of nitrogens with zero attached hydrogens (tertiary/aromatic N) is 2. The van der Waals surface area contributed by atoms with Crippen LogP contribution < -0.4 is 10.5 Å². The molecule has 0 aliphatic heterocycles. The number of nitro benzene ring substituents is 1. The summed E-state index contributed by atoms with van der Waals surface area (Å²) in [6, 6.07) is 7.26. The van der Waals surface area contributed by atoms with E-state index in [2.05, 4.69) is 4.98 Å². The molecule has 0 aliphatic carbocycles. The van der Waals surface area contributed by atoms with E-state index in [1.165, 1.54) is 18.2 Å². The van der Waals surface area contributed by atoms with E-state index in [1.54, 1.807) is 12.1 Å². The smallest absolute Gasteiger partial charge is 0.312 e. The molecule has 0 fully saturated rings. The summed E-state index contributed by atoms with van der Waals surface area (Å²) < 4.78 is 5.37. The Morgan fingerprint density at radius 2 is 2.05 bits per heavy atom. The summed E-state index contributed by atoms with van der Waals surface area (Å²) in [6.45, 7) is -0.0354. The van der Waals surface area contributed by atoms with Crippen LogP contribution in [0.2, 0.25) is 10.0 Å². The number of nitrogens with two attached hydrogens (primary N) is 1. The van der Waals surface area contributed by atoms with Gasteiger partial charge >= 0.3 is 5.69 Å². The average molecular weight is 314 g/mol. The molecule has 0 radical (unpaired) electrons. The number of hydrogen-bond donors (Lipinski definition) is 1. The number of pyridine rings is 1. The maximum atomic E-state index is 10.9. The topological polar surface area (TPSA) is 91.3 Å². The van der Waals surface area contributed by atoms with E-state index in [-0.39, 0.29) is 23.1 Å². The third-order valence-electron chi connectivity index (χ3n) is 2.42. The van der Waals surface area contributed by atoms with E-state index in [0.717, 1.165) is 0 Å². The number of halogens is 2. The molecule has 8 heteroatoms. The van der Waals surface area contributed by atoms with Gasteiger partial charge in [-0.2, -0.15) is 0 Å². The highest BCUT2D eigenvalue weighted by Crippen LogP contribution is 2.30. The molecule has 2 rings (SSSR count). The van der Waals surface area contributed by atoms with Crippen molar-refractivity contribution < 1.29 is 9.66 Å². The van der Waals surface area contributed by atoms with Crippen molar-refractivity contribution in [2.24, 2.45) is 0 Å². The van der Waals surface area contributed by atoms with Crippen LogP contribution in [0.1, 0.15) is 5.69 Å². The minimum Gasteiger partial charge on any atom is -0.480 e. The SMILES string of the molecule is Nc1ccc(Cl)c(COc2ccc(Cl)cc2[N+](=O)[O-])n1. The Bertz CT molecular complexity index is 664. The van der Waals surface area contributed by atoms with E-state index in [9.17, 15) is 10.1 Å². The molecule has 0 amide bonds. The van der Waals surface area contributed by atoms with Crippen LogP contribution in [-0.4, -0.2) is 9.91 Å². The second kappa shape index (κ2) is 5.94. The van der Waals surface area contributed by atoms with Gasteiger partial charge in [0.25, 0.3) is 0 Å². The summed E-state index contributed by atoms with van der Waals surface area (Å²) >= 11 is 11.7. The monoisotopic (exact) mass is 313 g/mol. The Balaban J connectivity index is 2.23. The number of nitro groups is 1. The molecule has 0 atom stereocenters. The molecular formula is C12H9Cl2N3O3. The van der Waals surface area contributed by atoms with Gasteiger partial charge in [0, 0.05) is 11.1 Å². The Morgan fingerprint density at radius 1 is 1.30 bits per heavy atom. The molecule has 0 saturated heterocycles. The van der Waals surface area contributed by atoms with Crippen LogP contribution in [0, 0.1) is 10.1 Å². The van der Waals surface area contributed by atoms with Gasteiger partial charge in [0.05, 0.1) is 15.6 Å². The van der Waals surface area contributed by atoms with Gasteiger partial charge in [0.15, 0.2) is 5.75 Å². The number of nitrogen functional groups attached to an aromatic ring is 1. The lowest BCUT2D eigenvalue weighted by atomic mass is 10.3. The number of benzene rings is 1. The van der Waals surface area contributed by atoms with Crippen LogP contribution in [-0.2, 0) is 6.61 Å². The largest absolute Gasteiger partial charge is 0.480 e. The van der Waals surface area contributed by atoms with E-state index in [1.807, 2.05) is 0 Å². The van der Waals surface area contributed by atoms with E-state index in [4.69, 9.17) is 33.7 Å². The lowest BCUT2D eigenvalue weighted by Gasteiger charge is -2.08. The van der Waals surface area contributed by atoms with Gasteiger partial charge in [0.2, 0.25) is 0 Å². The van der Waals surface area contributed by atoms with Crippen LogP contribution in [0.15, 0.2) is 30.3 Å². The molecule has 0 saturated carbocycles. The fraction of sp³-hybridized carbons (Fsp3) is 0.0833. The second-order valence-corrected chi connectivity index (χ2v) is 4.67. The Kier molecular flexibility index (Phi) is 4.26. The van der Waals surface area contributed by atoms with Crippen LogP contribution >= 0.6 is 23.2 Å². The third-order valence-corrected chi connectivity index (χ3v) is 3.00. The number of ether oxygens (including phenoxy) is 1. The predicted molar refractivity (Wildman–Crippen MR) is 76.1 cm³/mol. The molecule has 0 aliphatic rings. The first kappa shape index (κ1) is 14.4. The molecule has 0 bridgehead atoms. The van der Waals surface area contributed by atoms with Gasteiger partial charge in [0.1, 0.15) is 12.4 Å². The van der Waals surface area contributed by atoms with Gasteiger partial charge in [-0.25, -0.2) is 4.98 Å². The van der Waals surface area contributed by atoms with Gasteiger partial charge < -0.3 is 10.5 Å². The lowest BCUT2D eigenvalue weighted by molar-refractivity contribution is -0.385. The van der Waals surface area contributed by atoms with Crippen LogP contribution in [0.3, 0.4) is 0 Å². The minimum absolute atomic E-state index is 0.0354. The zero-order valence-corrected chi connectivity index (χ0v) is 11.6. The molecule has 104 valence electrons. The van der Waals surface area contributed by atoms with E-state index < -0.39 is 4.92 Å². The number of aromatic nitrogens is 1. The Hall–Kier alpha value is -2.05.